The summed E-state index contributed by atoms with van der Waals surface area (Å²) in [6, 6.07) is 12.2. The number of ether oxygens (including phenoxy) is 1. The summed E-state index contributed by atoms with van der Waals surface area (Å²) >= 11 is 0. The lowest BCUT2D eigenvalue weighted by molar-refractivity contribution is 0.210. The molecule has 1 aromatic heterocycles. The van der Waals surface area contributed by atoms with Gasteiger partial charge >= 0.3 is 0 Å². The molecule has 0 unspecified atom stereocenters. The van der Waals surface area contributed by atoms with Gasteiger partial charge in [-0.05, 0) is 13.8 Å². The normalized spacial score (nSPS) is 10.5. The number of hydrogen-bond acceptors (Lipinski definition) is 5. The average molecular weight is 300 g/mol. The van der Waals surface area contributed by atoms with Crippen molar-refractivity contribution in [3.63, 3.8) is 0 Å². The summed E-state index contributed by atoms with van der Waals surface area (Å²) in [4.78, 5) is 11.5. The van der Waals surface area contributed by atoms with Crippen LogP contribution in [0.3, 0.4) is 0 Å². The van der Waals surface area contributed by atoms with E-state index in [0.29, 0.717) is 6.61 Å². The zero-order valence-corrected chi connectivity index (χ0v) is 13.5. The van der Waals surface area contributed by atoms with E-state index in [4.69, 9.17) is 9.72 Å². The van der Waals surface area contributed by atoms with E-state index in [2.05, 4.69) is 41.2 Å². The molecule has 22 heavy (non-hydrogen) atoms. The molecule has 0 radical (unpaired) electrons. The Morgan fingerprint density at radius 1 is 1.09 bits per heavy atom. The molecule has 0 saturated carbocycles. The third-order valence-electron chi connectivity index (χ3n) is 3.44. The second kappa shape index (κ2) is 8.34. The van der Waals surface area contributed by atoms with E-state index in [9.17, 15) is 0 Å². The molecule has 5 heteroatoms. The molecule has 0 amide bonds. The molecular weight excluding hydrogens is 276 g/mol. The predicted molar refractivity (Wildman–Crippen MR) is 91.4 cm³/mol. The highest BCUT2D eigenvalue weighted by molar-refractivity contribution is 5.64. The number of methoxy groups -OCH3 is 1. The number of rotatable bonds is 8. The van der Waals surface area contributed by atoms with Gasteiger partial charge in [0.1, 0.15) is 5.82 Å². The van der Waals surface area contributed by atoms with Gasteiger partial charge in [0.05, 0.1) is 12.3 Å². The smallest absolute Gasteiger partial charge is 0.227 e. The van der Waals surface area contributed by atoms with Gasteiger partial charge in [-0.25, -0.2) is 4.98 Å². The summed E-state index contributed by atoms with van der Waals surface area (Å²) in [6.45, 7) is 7.35. The van der Waals surface area contributed by atoms with Crippen LogP contribution in [0, 0.1) is 0 Å². The van der Waals surface area contributed by atoms with Gasteiger partial charge in [-0.3, -0.25) is 0 Å². The SMILES string of the molecule is CCN(CC)c1nc(NCCOC)cc(-c2ccccc2)n1. The van der Waals surface area contributed by atoms with E-state index in [0.717, 1.165) is 42.7 Å². The Bertz CT molecular complexity index is 570. The van der Waals surface area contributed by atoms with Crippen molar-refractivity contribution in [2.24, 2.45) is 0 Å². The van der Waals surface area contributed by atoms with E-state index in [1.807, 2.05) is 24.3 Å². The van der Waals surface area contributed by atoms with Crippen molar-refractivity contribution in [2.45, 2.75) is 13.8 Å². The highest BCUT2D eigenvalue weighted by Crippen LogP contribution is 2.22. The highest BCUT2D eigenvalue weighted by atomic mass is 16.5. The van der Waals surface area contributed by atoms with E-state index in [1.165, 1.54) is 0 Å². The lowest BCUT2D eigenvalue weighted by atomic mass is 10.1. The Labute approximate surface area is 132 Å². The maximum absolute atomic E-state index is 5.08. The second-order valence-electron chi connectivity index (χ2n) is 4.90. The molecule has 0 saturated heterocycles. The molecule has 0 bridgehead atoms. The predicted octanol–water partition coefficient (Wildman–Crippen LogP) is 3.05. The van der Waals surface area contributed by atoms with Crippen molar-refractivity contribution in [1.82, 2.24) is 9.97 Å². The first-order valence-corrected chi connectivity index (χ1v) is 7.70. The average Bonchev–Trinajstić information content (AvgIpc) is 2.57. The molecule has 1 aromatic carbocycles. The molecule has 0 aliphatic carbocycles. The largest absolute Gasteiger partial charge is 0.383 e. The monoisotopic (exact) mass is 300 g/mol. The lowest BCUT2D eigenvalue weighted by Crippen LogP contribution is -2.25. The van der Waals surface area contributed by atoms with Gasteiger partial charge in [0.2, 0.25) is 5.95 Å². The number of benzene rings is 1. The molecule has 1 heterocycles. The molecule has 5 nitrogen and oxygen atoms in total. The molecule has 0 spiro atoms. The molecule has 2 aromatic rings. The zero-order chi connectivity index (χ0) is 15.8. The fourth-order valence-corrected chi connectivity index (χ4v) is 2.21. The quantitative estimate of drug-likeness (QED) is 0.759. The standard InChI is InChI=1S/C17H24N4O/c1-4-21(5-2)17-19-15(14-9-7-6-8-10-14)13-16(20-17)18-11-12-22-3/h6-10,13H,4-5,11-12H2,1-3H3,(H,18,19,20). The van der Waals surface area contributed by atoms with Crippen molar-refractivity contribution in [1.29, 1.82) is 0 Å². The maximum Gasteiger partial charge on any atom is 0.227 e. The van der Waals surface area contributed by atoms with Crippen LogP contribution in [-0.2, 0) is 4.74 Å². The fourth-order valence-electron chi connectivity index (χ4n) is 2.21. The number of nitrogens with one attached hydrogen (secondary N) is 1. The molecular formula is C17H24N4O. The van der Waals surface area contributed by atoms with Crippen LogP contribution >= 0.6 is 0 Å². The summed E-state index contributed by atoms with van der Waals surface area (Å²) in [6.07, 6.45) is 0. The van der Waals surface area contributed by atoms with Crippen molar-refractivity contribution in [3.8, 4) is 11.3 Å². The number of nitrogens with zero attached hydrogens (tertiary/aromatic N) is 3. The zero-order valence-electron chi connectivity index (χ0n) is 13.5. The lowest BCUT2D eigenvalue weighted by Gasteiger charge is -2.20. The Morgan fingerprint density at radius 2 is 1.82 bits per heavy atom. The minimum Gasteiger partial charge on any atom is -0.383 e. The Hall–Kier alpha value is -2.14. The molecule has 0 fully saturated rings. The van der Waals surface area contributed by atoms with Crippen LogP contribution in [0.2, 0.25) is 0 Å². The van der Waals surface area contributed by atoms with Crippen LogP contribution < -0.4 is 10.2 Å². The first kappa shape index (κ1) is 16.2. The van der Waals surface area contributed by atoms with Gasteiger partial charge in [0.25, 0.3) is 0 Å². The van der Waals surface area contributed by atoms with E-state index in [1.54, 1.807) is 7.11 Å². The topological polar surface area (TPSA) is 50.3 Å². The number of aromatic nitrogens is 2. The van der Waals surface area contributed by atoms with Gasteiger partial charge in [-0.1, -0.05) is 30.3 Å². The first-order chi connectivity index (χ1) is 10.8. The Morgan fingerprint density at radius 3 is 2.45 bits per heavy atom. The second-order valence-corrected chi connectivity index (χ2v) is 4.90. The summed E-state index contributed by atoms with van der Waals surface area (Å²) < 4.78 is 5.08. The Balaban J connectivity index is 2.35. The minimum atomic E-state index is 0.644. The third kappa shape index (κ3) is 4.18. The van der Waals surface area contributed by atoms with E-state index >= 15 is 0 Å². The molecule has 118 valence electrons. The van der Waals surface area contributed by atoms with Crippen molar-refractivity contribution in [2.75, 3.05) is 43.6 Å². The minimum absolute atomic E-state index is 0.644. The fraction of sp³-hybridized carbons (Fsp3) is 0.412. The summed E-state index contributed by atoms with van der Waals surface area (Å²) in [5, 5.41) is 3.30. The molecule has 0 aliphatic rings. The van der Waals surface area contributed by atoms with Crippen molar-refractivity contribution < 1.29 is 4.74 Å². The van der Waals surface area contributed by atoms with Crippen LogP contribution in [0.5, 0.6) is 0 Å². The van der Waals surface area contributed by atoms with Gasteiger partial charge in [0, 0.05) is 38.4 Å². The van der Waals surface area contributed by atoms with E-state index in [-0.39, 0.29) is 0 Å². The third-order valence-corrected chi connectivity index (χ3v) is 3.44. The number of anilines is 2. The number of hydrogen-bond donors (Lipinski definition) is 1. The van der Waals surface area contributed by atoms with Crippen molar-refractivity contribution in [3.05, 3.63) is 36.4 Å². The van der Waals surface area contributed by atoms with Gasteiger partial charge < -0.3 is 15.0 Å². The molecule has 2 rings (SSSR count). The molecule has 0 atom stereocenters. The maximum atomic E-state index is 5.08. The highest BCUT2D eigenvalue weighted by Gasteiger charge is 2.10. The van der Waals surface area contributed by atoms with Gasteiger partial charge in [-0.15, -0.1) is 0 Å². The van der Waals surface area contributed by atoms with Crippen LogP contribution in [0.1, 0.15) is 13.8 Å². The Kier molecular flexibility index (Phi) is 6.15. The molecule has 0 aliphatic heterocycles. The summed E-state index contributed by atoms with van der Waals surface area (Å²) in [7, 11) is 1.69. The van der Waals surface area contributed by atoms with Gasteiger partial charge in [-0.2, -0.15) is 4.98 Å². The van der Waals surface area contributed by atoms with Crippen molar-refractivity contribution >= 4 is 11.8 Å². The van der Waals surface area contributed by atoms with Crippen LogP contribution in [-0.4, -0.2) is 43.3 Å². The molecule has 1 N–H and O–H groups in total. The summed E-state index contributed by atoms with van der Waals surface area (Å²) in [5.74, 6) is 1.58. The summed E-state index contributed by atoms with van der Waals surface area (Å²) in [5.41, 5.74) is 2.02. The first-order valence-electron chi connectivity index (χ1n) is 7.70. The van der Waals surface area contributed by atoms with Crippen LogP contribution in [0.4, 0.5) is 11.8 Å². The van der Waals surface area contributed by atoms with Crippen LogP contribution in [0.15, 0.2) is 36.4 Å². The van der Waals surface area contributed by atoms with E-state index < -0.39 is 0 Å². The van der Waals surface area contributed by atoms with Gasteiger partial charge in [0.15, 0.2) is 0 Å². The van der Waals surface area contributed by atoms with Crippen LogP contribution in [0.25, 0.3) is 11.3 Å².